The first-order chi connectivity index (χ1) is 15.1. The van der Waals surface area contributed by atoms with Crippen LogP contribution in [0, 0.1) is 11.6 Å². The van der Waals surface area contributed by atoms with E-state index in [0.29, 0.717) is 0 Å². The average molecular weight is 468 g/mol. The molecule has 0 aromatic heterocycles. The molecule has 32 heavy (non-hydrogen) atoms. The minimum absolute atomic E-state index is 0. The molecule has 4 rings (SSSR count). The van der Waals surface area contributed by atoms with Gasteiger partial charge in [-0.05, 0) is 48.5 Å². The molecule has 0 unspecified atom stereocenters. The highest BCUT2D eigenvalue weighted by Crippen LogP contribution is 2.55. The number of carbonyl (C=O) groups is 1. The van der Waals surface area contributed by atoms with Gasteiger partial charge in [0.1, 0.15) is 34.8 Å². The number of hydrogen-bond acceptors (Lipinski definition) is 1. The molecule has 6 heteroatoms. The van der Waals surface area contributed by atoms with E-state index in [-0.39, 0.29) is 30.2 Å². The molecule has 4 aromatic rings. The van der Waals surface area contributed by atoms with Crippen LogP contribution >= 0.6 is 7.26 Å². The second-order valence-corrected chi connectivity index (χ2v) is 10.6. The summed E-state index contributed by atoms with van der Waals surface area (Å²) < 4.78 is 27.4. The van der Waals surface area contributed by atoms with Crippen molar-refractivity contribution < 1.29 is 26.0 Å². The lowest BCUT2D eigenvalue weighted by Gasteiger charge is -2.27. The Hall–Kier alpha value is -3.07. The third-order valence-corrected chi connectivity index (χ3v) is 9.48. The van der Waals surface area contributed by atoms with Gasteiger partial charge >= 0.3 is 0 Å². The molecule has 0 saturated carbocycles. The van der Waals surface area contributed by atoms with Crippen LogP contribution in [0.5, 0.6) is 0 Å². The Balaban J connectivity index is 0.00000289. The molecule has 1 N–H and O–H groups in total. The number of amides is 1. The van der Waals surface area contributed by atoms with Crippen molar-refractivity contribution in [1.29, 1.82) is 0 Å². The summed E-state index contributed by atoms with van der Waals surface area (Å²) in [6.07, 6.45) is 0.155. The van der Waals surface area contributed by atoms with E-state index in [2.05, 4.69) is 5.32 Å². The highest BCUT2D eigenvalue weighted by molar-refractivity contribution is 7.96. The van der Waals surface area contributed by atoms with Crippen LogP contribution in [0.1, 0.15) is 0 Å². The van der Waals surface area contributed by atoms with Crippen molar-refractivity contribution in [3.8, 4) is 0 Å². The molecule has 0 bridgehead atoms. The van der Waals surface area contributed by atoms with Crippen molar-refractivity contribution in [2.24, 2.45) is 0 Å². The molecule has 0 aliphatic heterocycles. The second-order valence-electron chi connectivity index (χ2n) is 7.15. The lowest BCUT2D eigenvalue weighted by Crippen LogP contribution is -3.00. The van der Waals surface area contributed by atoms with Crippen molar-refractivity contribution >= 4 is 34.8 Å². The van der Waals surface area contributed by atoms with Gasteiger partial charge in [-0.1, -0.05) is 54.6 Å². The summed E-state index contributed by atoms with van der Waals surface area (Å²) in [5.41, 5.74) is -0.0290. The van der Waals surface area contributed by atoms with Crippen molar-refractivity contribution in [1.82, 2.24) is 0 Å². The van der Waals surface area contributed by atoms with Gasteiger partial charge in [0, 0.05) is 6.07 Å². The Kier molecular flexibility index (Phi) is 7.74. The van der Waals surface area contributed by atoms with Crippen LogP contribution < -0.4 is 33.6 Å². The Bertz CT molecular complexity index is 1080. The predicted octanol–water partition coefficient (Wildman–Crippen LogP) is 1.90. The van der Waals surface area contributed by atoms with E-state index >= 15 is 0 Å². The molecule has 0 aliphatic rings. The predicted molar refractivity (Wildman–Crippen MR) is 125 cm³/mol. The zero-order valence-corrected chi connectivity index (χ0v) is 18.7. The largest absolute Gasteiger partial charge is 1.00 e. The quantitative estimate of drug-likeness (QED) is 0.431. The van der Waals surface area contributed by atoms with Crippen LogP contribution in [0.3, 0.4) is 0 Å². The molecule has 0 radical (unpaired) electrons. The maximum atomic E-state index is 14.2. The van der Waals surface area contributed by atoms with Gasteiger partial charge in [0.15, 0.2) is 6.16 Å². The summed E-state index contributed by atoms with van der Waals surface area (Å²) >= 11 is 0. The fourth-order valence-electron chi connectivity index (χ4n) is 3.76. The van der Waals surface area contributed by atoms with Gasteiger partial charge in [0.25, 0.3) is 5.91 Å². The van der Waals surface area contributed by atoms with Gasteiger partial charge in [-0.15, -0.1) is 0 Å². The second kappa shape index (κ2) is 10.5. The number of hydrogen-bond donors (Lipinski definition) is 1. The summed E-state index contributed by atoms with van der Waals surface area (Å²) in [6, 6.07) is 33.0. The number of nitrogens with one attached hydrogen (secondary N) is 1. The first kappa shape index (κ1) is 23.6. The van der Waals surface area contributed by atoms with Crippen LogP contribution in [0.4, 0.5) is 14.5 Å². The van der Waals surface area contributed by atoms with E-state index in [0.717, 1.165) is 28.0 Å². The highest BCUT2D eigenvalue weighted by atomic mass is 35.5. The minimum atomic E-state index is -2.38. The molecule has 0 atom stereocenters. The molecular weight excluding hydrogens is 447 g/mol. The van der Waals surface area contributed by atoms with Gasteiger partial charge in [-0.25, -0.2) is 8.78 Å². The van der Waals surface area contributed by atoms with Crippen molar-refractivity contribution in [2.45, 2.75) is 0 Å². The van der Waals surface area contributed by atoms with E-state index in [1.165, 1.54) is 6.07 Å². The molecule has 0 aliphatic carbocycles. The van der Waals surface area contributed by atoms with Crippen LogP contribution in [-0.4, -0.2) is 12.1 Å². The molecule has 0 heterocycles. The highest BCUT2D eigenvalue weighted by Gasteiger charge is 2.47. The topological polar surface area (TPSA) is 29.1 Å². The number of halogens is 3. The zero-order valence-electron chi connectivity index (χ0n) is 17.1. The number of benzene rings is 4. The van der Waals surface area contributed by atoms with Crippen LogP contribution in [0.2, 0.25) is 0 Å². The smallest absolute Gasteiger partial charge is 0.263 e. The van der Waals surface area contributed by atoms with E-state index in [9.17, 15) is 13.6 Å². The summed E-state index contributed by atoms with van der Waals surface area (Å²) in [5, 5.41) is 5.82. The Labute approximate surface area is 193 Å². The maximum absolute atomic E-state index is 14.2. The van der Waals surface area contributed by atoms with E-state index in [4.69, 9.17) is 0 Å². The van der Waals surface area contributed by atoms with Crippen LogP contribution in [0.25, 0.3) is 0 Å². The summed E-state index contributed by atoms with van der Waals surface area (Å²) in [7, 11) is -2.38. The molecule has 1 amide bonds. The van der Waals surface area contributed by atoms with Crippen molar-refractivity contribution in [3.05, 3.63) is 121 Å². The van der Waals surface area contributed by atoms with Gasteiger partial charge in [-0.3, -0.25) is 4.79 Å². The van der Waals surface area contributed by atoms with Gasteiger partial charge in [0.05, 0.1) is 5.69 Å². The Morgan fingerprint density at radius 2 is 1.12 bits per heavy atom. The summed E-state index contributed by atoms with van der Waals surface area (Å²) in [6.45, 7) is 0. The van der Waals surface area contributed by atoms with Crippen LogP contribution in [0.15, 0.2) is 109 Å². The molecule has 0 fully saturated rings. The molecular formula is C26H21ClF2NOP. The molecule has 2 nitrogen and oxygen atoms in total. The third-order valence-electron chi connectivity index (χ3n) is 5.18. The van der Waals surface area contributed by atoms with Crippen LogP contribution in [-0.2, 0) is 4.79 Å². The van der Waals surface area contributed by atoms with Gasteiger partial charge < -0.3 is 17.7 Å². The van der Waals surface area contributed by atoms with Gasteiger partial charge in [0.2, 0.25) is 0 Å². The number of anilines is 1. The zero-order chi connectivity index (χ0) is 21.7. The number of carbonyl (C=O) groups excluding carboxylic acids is 1. The Morgan fingerprint density at radius 3 is 1.53 bits per heavy atom. The lowest BCUT2D eigenvalue weighted by atomic mass is 10.3. The number of rotatable bonds is 6. The summed E-state index contributed by atoms with van der Waals surface area (Å²) in [5.74, 6) is -1.80. The van der Waals surface area contributed by atoms with E-state index in [1.54, 1.807) is 0 Å². The SMILES string of the molecule is O=C(C[P+](c1ccccc1)(c1ccccc1)c1ccccc1)Nc1ccc(F)cc1F.[Cl-]. The molecule has 0 saturated heterocycles. The van der Waals surface area contributed by atoms with E-state index in [1.807, 2.05) is 91.0 Å². The first-order valence-electron chi connectivity index (χ1n) is 9.89. The van der Waals surface area contributed by atoms with E-state index < -0.39 is 18.9 Å². The Morgan fingerprint density at radius 1 is 0.688 bits per heavy atom. The molecule has 0 spiro atoms. The standard InChI is InChI=1S/C26H20F2NOP.ClH/c27-20-16-17-25(24(28)18-20)29-26(30)19-31(21-10-4-1-5-11-21,22-12-6-2-7-13-22)23-14-8-3-9-15-23;/h1-18H,19H2;1H. The van der Waals surface area contributed by atoms with Crippen molar-refractivity contribution in [2.75, 3.05) is 11.5 Å². The monoisotopic (exact) mass is 467 g/mol. The third kappa shape index (κ3) is 4.88. The molecule has 162 valence electrons. The minimum Gasteiger partial charge on any atom is -1.00 e. The maximum Gasteiger partial charge on any atom is 0.263 e. The fourth-order valence-corrected chi connectivity index (χ4v) is 7.76. The normalized spacial score (nSPS) is 10.8. The van der Waals surface area contributed by atoms with Crippen molar-refractivity contribution in [3.63, 3.8) is 0 Å². The van der Waals surface area contributed by atoms with Gasteiger partial charge in [-0.2, -0.15) is 0 Å². The average Bonchev–Trinajstić information content (AvgIpc) is 2.81. The first-order valence-corrected chi connectivity index (χ1v) is 11.9. The lowest BCUT2D eigenvalue weighted by molar-refractivity contribution is -0.113. The summed E-state index contributed by atoms with van der Waals surface area (Å²) in [4.78, 5) is 13.2. The fraction of sp³-hybridized carbons (Fsp3) is 0.0385. The molecule has 4 aromatic carbocycles.